The molecule has 1 spiro atoms. The molecule has 0 bridgehead atoms. The van der Waals surface area contributed by atoms with Gasteiger partial charge in [-0.2, -0.15) is 5.26 Å². The number of anilines is 1. The summed E-state index contributed by atoms with van der Waals surface area (Å²) in [5.74, 6) is -1.51. The van der Waals surface area contributed by atoms with Crippen LogP contribution in [0.4, 0.5) is 10.5 Å². The molecule has 2 aliphatic rings. The standard InChI is InChI=1S/C29H24Cl2N4O5/c1-33-28(39)35(23-11-21(30)10-22(31)12-23)27(38)29(33)17-34(15-24(29)19-8-6-18(13-32)7-9-19)14-20-4-2-3-5-25(20)40-16-26(36)37/h2-12,24H,14-17H2,1H3,(H,36,37). The molecule has 40 heavy (non-hydrogen) atoms. The lowest BCUT2D eigenvalue weighted by Crippen LogP contribution is -2.53. The molecule has 2 saturated heterocycles. The summed E-state index contributed by atoms with van der Waals surface area (Å²) in [4.78, 5) is 43.7. The number of likely N-dealkylation sites (tertiary alicyclic amines) is 1. The average Bonchev–Trinajstić information content (AvgIpc) is 3.39. The quantitative estimate of drug-likeness (QED) is 0.402. The number of ether oxygens (including phenoxy) is 1. The number of carboxylic acid groups (broad SMARTS) is 1. The van der Waals surface area contributed by atoms with E-state index in [1.165, 1.54) is 23.1 Å². The van der Waals surface area contributed by atoms with Gasteiger partial charge in [0, 0.05) is 48.2 Å². The Morgan fingerprint density at radius 2 is 1.77 bits per heavy atom. The van der Waals surface area contributed by atoms with Gasteiger partial charge >= 0.3 is 12.0 Å². The second-order valence-electron chi connectivity index (χ2n) is 9.78. The molecule has 2 unspecified atom stereocenters. The minimum absolute atomic E-state index is 0.205. The zero-order valence-corrected chi connectivity index (χ0v) is 22.9. The van der Waals surface area contributed by atoms with Crippen molar-refractivity contribution in [3.8, 4) is 11.8 Å². The van der Waals surface area contributed by atoms with Crippen molar-refractivity contribution >= 4 is 46.8 Å². The van der Waals surface area contributed by atoms with E-state index in [1.54, 1.807) is 31.3 Å². The van der Waals surface area contributed by atoms with Gasteiger partial charge in [0.05, 0.1) is 17.3 Å². The first kappa shape index (κ1) is 27.5. The Labute approximate surface area is 240 Å². The second-order valence-corrected chi connectivity index (χ2v) is 10.7. The summed E-state index contributed by atoms with van der Waals surface area (Å²) >= 11 is 12.4. The first-order valence-electron chi connectivity index (χ1n) is 12.4. The highest BCUT2D eigenvalue weighted by atomic mass is 35.5. The fourth-order valence-electron chi connectivity index (χ4n) is 5.57. The van der Waals surface area contributed by atoms with Crippen LogP contribution < -0.4 is 9.64 Å². The van der Waals surface area contributed by atoms with Gasteiger partial charge in [0.25, 0.3) is 5.91 Å². The molecule has 3 aromatic rings. The van der Waals surface area contributed by atoms with Crippen LogP contribution in [0.2, 0.25) is 10.0 Å². The molecule has 3 aromatic carbocycles. The van der Waals surface area contributed by atoms with Crippen molar-refractivity contribution in [1.82, 2.24) is 9.80 Å². The van der Waals surface area contributed by atoms with Gasteiger partial charge in [-0.3, -0.25) is 9.69 Å². The number of para-hydroxylation sites is 1. The average molecular weight is 579 g/mol. The third-order valence-corrected chi connectivity index (χ3v) is 7.83. The number of aliphatic carboxylic acids is 1. The van der Waals surface area contributed by atoms with Crippen LogP contribution in [-0.4, -0.2) is 65.1 Å². The summed E-state index contributed by atoms with van der Waals surface area (Å²) < 4.78 is 5.50. The van der Waals surface area contributed by atoms with Crippen LogP contribution in [0.3, 0.4) is 0 Å². The van der Waals surface area contributed by atoms with Gasteiger partial charge in [-0.15, -0.1) is 0 Å². The Hall–Kier alpha value is -4.10. The van der Waals surface area contributed by atoms with Crippen molar-refractivity contribution < 1.29 is 24.2 Å². The smallest absolute Gasteiger partial charge is 0.341 e. The number of likely N-dealkylation sites (N-methyl/N-ethyl adjacent to an activating group) is 1. The number of nitrogens with zero attached hydrogens (tertiary/aromatic N) is 4. The van der Waals surface area contributed by atoms with E-state index in [9.17, 15) is 19.6 Å². The lowest BCUT2D eigenvalue weighted by Gasteiger charge is -2.34. The molecule has 0 aliphatic carbocycles. The van der Waals surface area contributed by atoms with Crippen molar-refractivity contribution in [3.63, 3.8) is 0 Å². The van der Waals surface area contributed by atoms with E-state index in [0.29, 0.717) is 34.4 Å². The van der Waals surface area contributed by atoms with Gasteiger partial charge < -0.3 is 14.7 Å². The molecular formula is C29H24Cl2N4O5. The number of urea groups is 1. The first-order chi connectivity index (χ1) is 19.1. The Balaban J connectivity index is 1.55. The molecule has 0 saturated carbocycles. The van der Waals surface area contributed by atoms with Crippen LogP contribution in [0.1, 0.15) is 22.6 Å². The van der Waals surface area contributed by atoms with Gasteiger partial charge in [-0.05, 0) is 42.0 Å². The van der Waals surface area contributed by atoms with E-state index in [0.717, 1.165) is 16.0 Å². The van der Waals surface area contributed by atoms with Crippen molar-refractivity contribution in [2.45, 2.75) is 18.0 Å². The van der Waals surface area contributed by atoms with Gasteiger partial charge in [0.1, 0.15) is 11.3 Å². The van der Waals surface area contributed by atoms with Gasteiger partial charge in [0.2, 0.25) is 0 Å². The molecule has 11 heteroatoms. The Bertz CT molecular complexity index is 1520. The van der Waals surface area contributed by atoms with Crippen LogP contribution in [-0.2, 0) is 16.1 Å². The van der Waals surface area contributed by atoms with E-state index in [4.69, 9.17) is 33.0 Å². The van der Waals surface area contributed by atoms with E-state index in [1.807, 2.05) is 29.2 Å². The maximum absolute atomic E-state index is 14.3. The maximum Gasteiger partial charge on any atom is 0.341 e. The number of rotatable bonds is 7. The number of carbonyl (C=O) groups is 3. The summed E-state index contributed by atoms with van der Waals surface area (Å²) in [6.45, 7) is 0.480. The number of carboxylic acids is 1. The molecule has 2 fully saturated rings. The number of benzene rings is 3. The number of nitriles is 1. The third-order valence-electron chi connectivity index (χ3n) is 7.40. The van der Waals surface area contributed by atoms with Crippen LogP contribution in [0, 0.1) is 11.3 Å². The van der Waals surface area contributed by atoms with E-state index < -0.39 is 36.0 Å². The van der Waals surface area contributed by atoms with Crippen molar-refractivity contribution in [2.24, 2.45) is 0 Å². The van der Waals surface area contributed by atoms with Gasteiger partial charge in [-0.1, -0.05) is 53.5 Å². The normalized spacial score (nSPS) is 20.8. The zero-order chi connectivity index (χ0) is 28.6. The fourth-order valence-corrected chi connectivity index (χ4v) is 6.08. The van der Waals surface area contributed by atoms with Gasteiger partial charge in [0.15, 0.2) is 6.61 Å². The van der Waals surface area contributed by atoms with Crippen molar-refractivity contribution in [3.05, 3.63) is 93.5 Å². The second kappa shape index (κ2) is 10.8. The first-order valence-corrected chi connectivity index (χ1v) is 13.1. The topological polar surface area (TPSA) is 114 Å². The minimum Gasteiger partial charge on any atom is -0.482 e. The number of hydrogen-bond donors (Lipinski definition) is 1. The third kappa shape index (κ3) is 4.86. The van der Waals surface area contributed by atoms with Gasteiger partial charge in [-0.25, -0.2) is 14.5 Å². The maximum atomic E-state index is 14.3. The fraction of sp³-hybridized carbons (Fsp3) is 0.241. The molecular weight excluding hydrogens is 555 g/mol. The van der Waals surface area contributed by atoms with Crippen LogP contribution in [0.25, 0.3) is 0 Å². The minimum atomic E-state index is -1.27. The Morgan fingerprint density at radius 1 is 1.10 bits per heavy atom. The predicted octanol–water partition coefficient (Wildman–Crippen LogP) is 4.77. The molecule has 9 nitrogen and oxygen atoms in total. The molecule has 2 atom stereocenters. The summed E-state index contributed by atoms with van der Waals surface area (Å²) in [5, 5.41) is 18.9. The number of halogens is 2. The summed E-state index contributed by atoms with van der Waals surface area (Å²) in [5.41, 5.74) is 1.04. The number of carbonyl (C=O) groups excluding carboxylic acids is 2. The van der Waals surface area contributed by atoms with Crippen LogP contribution in [0.5, 0.6) is 5.75 Å². The summed E-state index contributed by atoms with van der Waals surface area (Å²) in [7, 11) is 1.61. The van der Waals surface area contributed by atoms with Crippen molar-refractivity contribution in [1.29, 1.82) is 5.26 Å². The van der Waals surface area contributed by atoms with Crippen molar-refractivity contribution in [2.75, 3.05) is 31.6 Å². The van der Waals surface area contributed by atoms with E-state index in [2.05, 4.69) is 6.07 Å². The molecule has 0 aromatic heterocycles. The molecule has 2 heterocycles. The summed E-state index contributed by atoms with van der Waals surface area (Å²) in [6, 6.07) is 20.3. The van der Waals surface area contributed by atoms with E-state index >= 15 is 0 Å². The monoisotopic (exact) mass is 578 g/mol. The number of imide groups is 1. The van der Waals surface area contributed by atoms with Crippen LogP contribution >= 0.6 is 23.2 Å². The lowest BCUT2D eigenvalue weighted by molar-refractivity contribution is -0.139. The molecule has 5 rings (SSSR count). The zero-order valence-electron chi connectivity index (χ0n) is 21.4. The number of hydrogen-bond acceptors (Lipinski definition) is 6. The highest BCUT2D eigenvalue weighted by molar-refractivity contribution is 6.35. The van der Waals surface area contributed by atoms with Crippen LogP contribution in [0.15, 0.2) is 66.7 Å². The Morgan fingerprint density at radius 3 is 2.42 bits per heavy atom. The molecule has 0 radical (unpaired) electrons. The molecule has 204 valence electrons. The van der Waals surface area contributed by atoms with E-state index in [-0.39, 0.29) is 12.2 Å². The lowest BCUT2D eigenvalue weighted by atomic mass is 9.80. The predicted molar refractivity (Wildman–Crippen MR) is 149 cm³/mol. The number of amides is 3. The molecule has 2 aliphatic heterocycles. The largest absolute Gasteiger partial charge is 0.482 e. The highest BCUT2D eigenvalue weighted by Crippen LogP contribution is 2.47. The highest BCUT2D eigenvalue weighted by Gasteiger charge is 2.64. The summed E-state index contributed by atoms with van der Waals surface area (Å²) in [6.07, 6.45) is 0. The molecule has 1 N–H and O–H groups in total. The molecule has 3 amide bonds. The Kier molecular flexibility index (Phi) is 7.43. The SMILES string of the molecule is CN1C(=O)N(c2cc(Cl)cc(Cl)c2)C(=O)C12CN(Cc1ccccc1OCC(=O)O)CC2c1ccc(C#N)cc1.